The van der Waals surface area contributed by atoms with Gasteiger partial charge in [0.1, 0.15) is 0 Å². The van der Waals surface area contributed by atoms with Crippen molar-refractivity contribution in [2.24, 2.45) is 0 Å². The number of nitrogens with one attached hydrogen (secondary N) is 1. The number of pyridine rings is 1. The number of likely N-dealkylation sites (N-methyl/N-ethyl adjacent to an activating group) is 1. The van der Waals surface area contributed by atoms with Gasteiger partial charge in [0, 0.05) is 37.9 Å². The van der Waals surface area contributed by atoms with Gasteiger partial charge in [-0.05, 0) is 19.5 Å². The van der Waals surface area contributed by atoms with Crippen molar-refractivity contribution in [1.82, 2.24) is 9.63 Å². The quantitative estimate of drug-likeness (QED) is 0.742. The van der Waals surface area contributed by atoms with Crippen LogP contribution in [0.2, 0.25) is 0 Å². The number of hydrogen-bond acceptors (Lipinski definition) is 4. The Balaban J connectivity index is 2.16. The molecule has 5 nitrogen and oxygen atoms in total. The molecule has 1 aliphatic heterocycles. The summed E-state index contributed by atoms with van der Waals surface area (Å²) in [6, 6.07) is 3.65. The van der Waals surface area contributed by atoms with Crippen LogP contribution in [-0.2, 0) is 0 Å². The van der Waals surface area contributed by atoms with Gasteiger partial charge in [-0.3, -0.25) is 5.41 Å². The monoisotopic (exact) mass is 236 g/mol. The summed E-state index contributed by atoms with van der Waals surface area (Å²) in [5, 5.41) is 17.2. The van der Waals surface area contributed by atoms with Gasteiger partial charge >= 0.3 is 0 Å². The standard InChI is InChI=1S/C12H20N4O/c1-3-14-4-6-15(7-5-14)11-8-10(2)16(17)12(13)9-11/h8-9,13,17H,3-7H2,1-2H3. The fraction of sp³-hybridized carbons (Fsp3) is 0.583. The molecule has 0 aromatic carbocycles. The van der Waals surface area contributed by atoms with E-state index in [9.17, 15) is 5.21 Å². The van der Waals surface area contributed by atoms with E-state index in [4.69, 9.17) is 5.41 Å². The Kier molecular flexibility index (Phi) is 3.38. The average molecular weight is 236 g/mol. The highest BCUT2D eigenvalue weighted by atomic mass is 16.5. The van der Waals surface area contributed by atoms with Crippen LogP contribution in [0.15, 0.2) is 12.1 Å². The molecule has 2 heterocycles. The molecule has 2 N–H and O–H groups in total. The van der Waals surface area contributed by atoms with Crippen molar-refractivity contribution in [2.75, 3.05) is 37.6 Å². The molecule has 0 bridgehead atoms. The van der Waals surface area contributed by atoms with E-state index in [-0.39, 0.29) is 5.49 Å². The van der Waals surface area contributed by atoms with Gasteiger partial charge in [0.05, 0.1) is 5.69 Å². The van der Waals surface area contributed by atoms with E-state index in [1.807, 2.05) is 13.0 Å². The SMILES string of the molecule is CCN1CCN(c2cc(C)n(O)c(=N)c2)CC1. The first-order valence-electron chi connectivity index (χ1n) is 6.06. The predicted molar refractivity (Wildman–Crippen MR) is 66.5 cm³/mol. The number of piperazine rings is 1. The third kappa shape index (κ3) is 2.44. The third-order valence-corrected chi connectivity index (χ3v) is 3.39. The molecule has 0 aliphatic carbocycles. The van der Waals surface area contributed by atoms with E-state index >= 15 is 0 Å². The minimum Gasteiger partial charge on any atom is -0.427 e. The number of nitrogens with zero attached hydrogens (tertiary/aromatic N) is 3. The highest BCUT2D eigenvalue weighted by molar-refractivity contribution is 5.46. The zero-order valence-electron chi connectivity index (χ0n) is 10.5. The Morgan fingerprint density at radius 1 is 1.24 bits per heavy atom. The summed E-state index contributed by atoms with van der Waals surface area (Å²) in [5.74, 6) is 0. The molecule has 0 saturated carbocycles. The molecule has 94 valence electrons. The Hall–Kier alpha value is -1.49. The van der Waals surface area contributed by atoms with Crippen molar-refractivity contribution in [1.29, 1.82) is 5.41 Å². The van der Waals surface area contributed by atoms with Crippen LogP contribution in [0.25, 0.3) is 0 Å². The Morgan fingerprint density at radius 3 is 2.41 bits per heavy atom. The van der Waals surface area contributed by atoms with Gasteiger partial charge in [-0.25, -0.2) is 0 Å². The van der Waals surface area contributed by atoms with Crippen molar-refractivity contribution in [2.45, 2.75) is 13.8 Å². The minimum atomic E-state index is 0.137. The second-order valence-corrected chi connectivity index (χ2v) is 4.47. The lowest BCUT2D eigenvalue weighted by molar-refractivity contribution is 0.164. The van der Waals surface area contributed by atoms with E-state index in [1.54, 1.807) is 6.07 Å². The lowest BCUT2D eigenvalue weighted by atomic mass is 10.2. The van der Waals surface area contributed by atoms with E-state index < -0.39 is 0 Å². The predicted octanol–water partition coefficient (Wildman–Crippen LogP) is 0.655. The molecule has 2 rings (SSSR count). The van der Waals surface area contributed by atoms with Crippen LogP contribution in [0, 0.1) is 12.3 Å². The molecule has 0 spiro atoms. The fourth-order valence-corrected chi connectivity index (χ4v) is 2.21. The summed E-state index contributed by atoms with van der Waals surface area (Å²) in [6.45, 7) is 9.20. The first-order valence-corrected chi connectivity index (χ1v) is 6.06. The molecule has 0 amide bonds. The first-order chi connectivity index (χ1) is 8.11. The molecule has 0 unspecified atom stereocenters. The number of hydrogen-bond donors (Lipinski definition) is 2. The van der Waals surface area contributed by atoms with E-state index in [1.165, 1.54) is 0 Å². The Bertz CT molecular complexity index is 446. The van der Waals surface area contributed by atoms with Gasteiger partial charge in [-0.2, -0.15) is 4.73 Å². The largest absolute Gasteiger partial charge is 0.427 e. The van der Waals surface area contributed by atoms with Gasteiger partial charge in [0.15, 0.2) is 5.49 Å². The van der Waals surface area contributed by atoms with Crippen LogP contribution in [-0.4, -0.2) is 47.6 Å². The van der Waals surface area contributed by atoms with E-state index in [0.717, 1.165) is 43.1 Å². The summed E-state index contributed by atoms with van der Waals surface area (Å²) < 4.78 is 0.909. The van der Waals surface area contributed by atoms with Crippen molar-refractivity contribution in [3.63, 3.8) is 0 Å². The normalized spacial score (nSPS) is 17.4. The zero-order valence-corrected chi connectivity index (χ0v) is 10.5. The topological polar surface area (TPSA) is 55.5 Å². The van der Waals surface area contributed by atoms with Crippen LogP contribution >= 0.6 is 0 Å². The summed E-state index contributed by atoms with van der Waals surface area (Å²) >= 11 is 0. The minimum absolute atomic E-state index is 0.137. The van der Waals surface area contributed by atoms with Crippen molar-refractivity contribution in [3.05, 3.63) is 23.3 Å². The molecule has 1 aromatic rings. The maximum Gasteiger partial charge on any atom is 0.162 e. The number of rotatable bonds is 2. The number of anilines is 1. The second kappa shape index (κ2) is 4.79. The lowest BCUT2D eigenvalue weighted by Crippen LogP contribution is -2.46. The maximum atomic E-state index is 9.51. The Labute approximate surface area is 101 Å². The smallest absolute Gasteiger partial charge is 0.162 e. The highest BCUT2D eigenvalue weighted by Crippen LogP contribution is 2.15. The van der Waals surface area contributed by atoms with Crippen LogP contribution in [0.1, 0.15) is 12.6 Å². The molecule has 0 atom stereocenters. The van der Waals surface area contributed by atoms with Crippen molar-refractivity contribution >= 4 is 5.69 Å². The molecule has 5 heteroatoms. The molecule has 1 fully saturated rings. The summed E-state index contributed by atoms with van der Waals surface area (Å²) in [6.07, 6.45) is 0. The second-order valence-electron chi connectivity index (χ2n) is 4.47. The van der Waals surface area contributed by atoms with E-state index in [0.29, 0.717) is 5.69 Å². The molecule has 0 radical (unpaired) electrons. The van der Waals surface area contributed by atoms with Gasteiger partial charge in [0.25, 0.3) is 0 Å². The zero-order chi connectivity index (χ0) is 12.4. The molecule has 1 aromatic heterocycles. The van der Waals surface area contributed by atoms with E-state index in [2.05, 4.69) is 16.7 Å². The fourth-order valence-electron chi connectivity index (χ4n) is 2.21. The number of aromatic nitrogens is 1. The maximum absolute atomic E-state index is 9.51. The summed E-state index contributed by atoms with van der Waals surface area (Å²) in [7, 11) is 0. The third-order valence-electron chi connectivity index (χ3n) is 3.39. The van der Waals surface area contributed by atoms with Crippen molar-refractivity contribution in [3.8, 4) is 0 Å². The molecular formula is C12H20N4O. The average Bonchev–Trinajstić information content (AvgIpc) is 2.35. The lowest BCUT2D eigenvalue weighted by Gasteiger charge is -2.35. The van der Waals surface area contributed by atoms with Crippen LogP contribution < -0.4 is 10.4 Å². The first kappa shape index (κ1) is 12.0. The van der Waals surface area contributed by atoms with Gasteiger partial charge in [0.2, 0.25) is 0 Å². The van der Waals surface area contributed by atoms with Crippen LogP contribution in [0.3, 0.4) is 0 Å². The van der Waals surface area contributed by atoms with Crippen LogP contribution in [0.5, 0.6) is 0 Å². The van der Waals surface area contributed by atoms with Crippen LogP contribution in [0.4, 0.5) is 5.69 Å². The molecule has 1 saturated heterocycles. The summed E-state index contributed by atoms with van der Waals surface area (Å²) in [5.41, 5.74) is 1.87. The molecular weight excluding hydrogens is 216 g/mol. The molecule has 1 aliphatic rings. The van der Waals surface area contributed by atoms with Gasteiger partial charge in [-0.15, -0.1) is 0 Å². The van der Waals surface area contributed by atoms with Crippen molar-refractivity contribution < 1.29 is 5.21 Å². The van der Waals surface area contributed by atoms with Gasteiger partial charge in [-0.1, -0.05) is 6.92 Å². The highest BCUT2D eigenvalue weighted by Gasteiger charge is 2.16. The Morgan fingerprint density at radius 2 is 1.88 bits per heavy atom. The van der Waals surface area contributed by atoms with Gasteiger partial charge < -0.3 is 15.0 Å². The summed E-state index contributed by atoms with van der Waals surface area (Å²) in [4.78, 5) is 4.69. The number of aryl methyl sites for hydroxylation is 1. The molecule has 17 heavy (non-hydrogen) atoms.